The topological polar surface area (TPSA) is 66.8 Å². The van der Waals surface area contributed by atoms with E-state index in [0.717, 1.165) is 36.0 Å². The van der Waals surface area contributed by atoms with Crippen molar-refractivity contribution in [3.8, 4) is 0 Å². The molecule has 4 nitrogen and oxygen atoms in total. The van der Waals surface area contributed by atoms with Crippen LogP contribution < -0.4 is 0 Å². The molecule has 0 amide bonds. The number of hydrogen-bond donors (Lipinski definition) is 2. The highest BCUT2D eigenvalue weighted by molar-refractivity contribution is 5.92. The van der Waals surface area contributed by atoms with E-state index in [1.165, 1.54) is 5.57 Å². The number of rotatable bonds is 0. The molecular formula is C20H30O4. The van der Waals surface area contributed by atoms with E-state index in [4.69, 9.17) is 4.74 Å². The van der Waals surface area contributed by atoms with Crippen LogP contribution in [0.3, 0.4) is 0 Å². The first-order chi connectivity index (χ1) is 11.2. The molecule has 134 valence electrons. The monoisotopic (exact) mass is 334 g/mol. The molecule has 0 fully saturated rings. The molecule has 4 heteroatoms. The van der Waals surface area contributed by atoms with Crippen LogP contribution in [0.4, 0.5) is 0 Å². The lowest BCUT2D eigenvalue weighted by Gasteiger charge is -2.29. The number of ether oxygens (including phenoxy) is 1. The summed E-state index contributed by atoms with van der Waals surface area (Å²) in [4.78, 5) is 11.9. The fourth-order valence-corrected chi connectivity index (χ4v) is 3.31. The normalized spacial score (nSPS) is 37.7. The van der Waals surface area contributed by atoms with Crippen molar-refractivity contribution < 1.29 is 19.7 Å². The van der Waals surface area contributed by atoms with Crippen molar-refractivity contribution in [1.29, 1.82) is 0 Å². The molecular weight excluding hydrogens is 304 g/mol. The van der Waals surface area contributed by atoms with Crippen LogP contribution in [0.2, 0.25) is 0 Å². The Kier molecular flexibility index (Phi) is 6.05. The van der Waals surface area contributed by atoms with Crippen LogP contribution in [0.1, 0.15) is 66.2 Å². The quantitative estimate of drug-likeness (QED) is 0.525. The minimum Gasteiger partial charge on any atom is -0.450 e. The van der Waals surface area contributed by atoms with Gasteiger partial charge in [-0.2, -0.15) is 0 Å². The molecule has 2 N–H and O–H groups in total. The van der Waals surface area contributed by atoms with Crippen LogP contribution in [-0.2, 0) is 9.53 Å². The van der Waals surface area contributed by atoms with E-state index < -0.39 is 11.7 Å². The summed E-state index contributed by atoms with van der Waals surface area (Å²) in [5.41, 5.74) is 3.02. The van der Waals surface area contributed by atoms with E-state index in [2.05, 4.69) is 13.0 Å². The van der Waals surface area contributed by atoms with Gasteiger partial charge in [-0.25, -0.2) is 4.79 Å². The molecule has 0 aromatic heterocycles. The molecule has 2 aliphatic rings. The maximum Gasteiger partial charge on any atom is 0.334 e. The van der Waals surface area contributed by atoms with Crippen molar-refractivity contribution in [2.24, 2.45) is 0 Å². The van der Waals surface area contributed by atoms with Crippen LogP contribution in [0, 0.1) is 0 Å². The smallest absolute Gasteiger partial charge is 0.334 e. The highest BCUT2D eigenvalue weighted by Crippen LogP contribution is 2.31. The minimum absolute atomic E-state index is 0.229. The van der Waals surface area contributed by atoms with Gasteiger partial charge in [0.15, 0.2) is 0 Å². The van der Waals surface area contributed by atoms with Gasteiger partial charge in [0.25, 0.3) is 0 Å². The standard InChI is InChI=1S/C20H30O4/c1-13-6-5-11-20(4,23)18(21)10-8-14(2)12-17-16(9-7-13)15(3)19(22)24-17/h6,12,17-18,21,23H,5,7-11H2,1-4H3/b13-6+,14-12+/t17-,18+,20-/m0/s1. The summed E-state index contributed by atoms with van der Waals surface area (Å²) in [6, 6.07) is 0. The third kappa shape index (κ3) is 4.58. The Morgan fingerprint density at radius 2 is 1.88 bits per heavy atom. The van der Waals surface area contributed by atoms with Crippen LogP contribution in [0.15, 0.2) is 34.4 Å². The molecule has 0 aromatic carbocycles. The first-order valence-corrected chi connectivity index (χ1v) is 8.84. The van der Waals surface area contributed by atoms with Gasteiger partial charge in [-0.15, -0.1) is 0 Å². The fourth-order valence-electron chi connectivity index (χ4n) is 3.31. The van der Waals surface area contributed by atoms with E-state index >= 15 is 0 Å². The van der Waals surface area contributed by atoms with Crippen molar-refractivity contribution in [3.05, 3.63) is 34.4 Å². The summed E-state index contributed by atoms with van der Waals surface area (Å²) in [5.74, 6) is -0.229. The number of esters is 1. The molecule has 2 rings (SSSR count). The maximum atomic E-state index is 11.9. The molecule has 3 atom stereocenters. The lowest BCUT2D eigenvalue weighted by molar-refractivity contribution is -0.138. The van der Waals surface area contributed by atoms with Crippen molar-refractivity contribution >= 4 is 5.97 Å². The van der Waals surface area contributed by atoms with Gasteiger partial charge in [0.05, 0.1) is 11.7 Å². The summed E-state index contributed by atoms with van der Waals surface area (Å²) in [7, 11) is 0. The van der Waals surface area contributed by atoms with Gasteiger partial charge in [0.2, 0.25) is 0 Å². The van der Waals surface area contributed by atoms with Crippen LogP contribution in [0.25, 0.3) is 0 Å². The van der Waals surface area contributed by atoms with Crippen LogP contribution >= 0.6 is 0 Å². The van der Waals surface area contributed by atoms with Gasteiger partial charge in [0, 0.05) is 5.57 Å². The van der Waals surface area contributed by atoms with Crippen molar-refractivity contribution in [2.75, 3.05) is 0 Å². The number of aliphatic hydroxyl groups is 2. The zero-order valence-corrected chi connectivity index (χ0v) is 15.3. The predicted octanol–water partition coefficient (Wildman–Crippen LogP) is 3.59. The average Bonchev–Trinajstić information content (AvgIpc) is 2.76. The maximum absolute atomic E-state index is 11.9. The molecule has 0 bridgehead atoms. The summed E-state index contributed by atoms with van der Waals surface area (Å²) < 4.78 is 5.49. The lowest BCUT2D eigenvalue weighted by atomic mass is 9.88. The Balaban J connectivity index is 2.25. The number of carbonyl (C=O) groups excluding carboxylic acids is 1. The zero-order chi connectivity index (χ0) is 17.9. The second-order valence-electron chi connectivity index (χ2n) is 7.49. The summed E-state index contributed by atoms with van der Waals surface area (Å²) in [5, 5.41) is 20.8. The highest BCUT2D eigenvalue weighted by atomic mass is 16.5. The highest BCUT2D eigenvalue weighted by Gasteiger charge is 2.31. The van der Waals surface area contributed by atoms with Gasteiger partial charge in [-0.1, -0.05) is 17.2 Å². The minimum atomic E-state index is -1.08. The second-order valence-corrected chi connectivity index (χ2v) is 7.49. The second kappa shape index (κ2) is 7.66. The number of hydrogen-bond acceptors (Lipinski definition) is 4. The first kappa shape index (κ1) is 18.9. The molecule has 0 unspecified atom stereocenters. The zero-order valence-electron chi connectivity index (χ0n) is 15.3. The SMILES string of the molecule is CC1=C2CC/C(C)=C/CC[C@](C)(O)[C@H](O)CC/C(C)=C/[C@@H]2OC1=O. The van der Waals surface area contributed by atoms with Crippen LogP contribution in [-0.4, -0.2) is 34.0 Å². The third-order valence-electron chi connectivity index (χ3n) is 5.26. The molecule has 0 saturated carbocycles. The Bertz CT molecular complexity index is 580. The lowest BCUT2D eigenvalue weighted by Crippen LogP contribution is -2.39. The summed E-state index contributed by atoms with van der Waals surface area (Å²) in [6.07, 6.45) is 7.19. The van der Waals surface area contributed by atoms with Crippen molar-refractivity contribution in [2.45, 2.75) is 84.0 Å². The summed E-state index contributed by atoms with van der Waals surface area (Å²) >= 11 is 0. The Morgan fingerprint density at radius 1 is 1.17 bits per heavy atom. The summed E-state index contributed by atoms with van der Waals surface area (Å²) in [6.45, 7) is 7.59. The van der Waals surface area contributed by atoms with Gasteiger partial charge >= 0.3 is 5.97 Å². The molecule has 24 heavy (non-hydrogen) atoms. The average molecular weight is 334 g/mol. The number of fused-ring (bicyclic) bond motifs is 1. The van der Waals surface area contributed by atoms with Gasteiger partial charge < -0.3 is 14.9 Å². The molecule has 0 aromatic rings. The Labute approximate surface area is 144 Å². The number of carbonyl (C=O) groups is 1. The van der Waals surface area contributed by atoms with E-state index in [0.29, 0.717) is 19.3 Å². The van der Waals surface area contributed by atoms with E-state index in [9.17, 15) is 15.0 Å². The Hall–Kier alpha value is -1.39. The number of allylic oxidation sites excluding steroid dienone is 3. The molecule has 1 aliphatic carbocycles. The molecule has 0 saturated heterocycles. The molecule has 0 spiro atoms. The van der Waals surface area contributed by atoms with E-state index in [1.807, 2.05) is 19.9 Å². The Morgan fingerprint density at radius 3 is 2.58 bits per heavy atom. The van der Waals surface area contributed by atoms with Gasteiger partial charge in [-0.3, -0.25) is 0 Å². The first-order valence-electron chi connectivity index (χ1n) is 8.84. The molecule has 1 aliphatic heterocycles. The third-order valence-corrected chi connectivity index (χ3v) is 5.26. The van der Waals surface area contributed by atoms with Crippen molar-refractivity contribution in [1.82, 2.24) is 0 Å². The van der Waals surface area contributed by atoms with E-state index in [1.54, 1.807) is 6.92 Å². The van der Waals surface area contributed by atoms with Gasteiger partial charge in [-0.05, 0) is 77.9 Å². The molecule has 1 heterocycles. The fraction of sp³-hybridized carbons (Fsp3) is 0.650. The molecule has 0 radical (unpaired) electrons. The van der Waals surface area contributed by atoms with Crippen LogP contribution in [0.5, 0.6) is 0 Å². The van der Waals surface area contributed by atoms with Gasteiger partial charge in [0.1, 0.15) is 6.10 Å². The van der Waals surface area contributed by atoms with Crippen molar-refractivity contribution in [3.63, 3.8) is 0 Å². The van der Waals surface area contributed by atoms with E-state index in [-0.39, 0.29) is 12.1 Å². The number of aliphatic hydroxyl groups excluding tert-OH is 1. The predicted molar refractivity (Wildman–Crippen MR) is 94.4 cm³/mol. The largest absolute Gasteiger partial charge is 0.450 e.